The average Bonchev–Trinajstić information content (AvgIpc) is 2.78. The molecule has 1 aromatic heterocycles. The molecule has 7 nitrogen and oxygen atoms in total. The molecule has 1 saturated heterocycles. The monoisotopic (exact) mass is 436 g/mol. The quantitative estimate of drug-likeness (QED) is 0.723. The first-order valence-corrected chi connectivity index (χ1v) is 10.4. The Balaban J connectivity index is 1.56. The number of nitrogens with one attached hydrogen (secondary N) is 1. The van der Waals surface area contributed by atoms with Gasteiger partial charge in [0.15, 0.2) is 23.3 Å². The summed E-state index contributed by atoms with van der Waals surface area (Å²) in [6.45, 7) is 5.33. The molecule has 1 atom stereocenters. The summed E-state index contributed by atoms with van der Waals surface area (Å²) in [6.07, 6.45) is 1.50. The highest BCUT2D eigenvalue weighted by Crippen LogP contribution is 2.35. The number of rotatable bonds is 5. The van der Waals surface area contributed by atoms with Gasteiger partial charge in [-0.3, -0.25) is 4.90 Å². The fraction of sp³-hybridized carbons (Fsp3) is 0.524. The van der Waals surface area contributed by atoms with E-state index < -0.39 is 23.5 Å². The lowest BCUT2D eigenvalue weighted by Crippen LogP contribution is -2.50. The highest BCUT2D eigenvalue weighted by molar-refractivity contribution is 5.65. The number of halogens is 3. The van der Waals surface area contributed by atoms with E-state index in [2.05, 4.69) is 25.1 Å². The molecule has 168 valence electrons. The van der Waals surface area contributed by atoms with Crippen molar-refractivity contribution in [1.29, 1.82) is 0 Å². The Kier molecular flexibility index (Phi) is 6.19. The number of ether oxygens (including phenoxy) is 1. The van der Waals surface area contributed by atoms with Gasteiger partial charge in [-0.1, -0.05) is 0 Å². The number of piperazine rings is 1. The minimum Gasteiger partial charge on any atom is -0.485 e. The first-order valence-electron chi connectivity index (χ1n) is 10.4. The van der Waals surface area contributed by atoms with Crippen LogP contribution in [-0.4, -0.2) is 79.7 Å². The Bertz CT molecular complexity index is 949. The summed E-state index contributed by atoms with van der Waals surface area (Å²) in [5.41, 5.74) is -0.244. The predicted octanol–water partition coefficient (Wildman–Crippen LogP) is 2.43. The largest absolute Gasteiger partial charge is 0.485 e. The Morgan fingerprint density at radius 2 is 1.87 bits per heavy atom. The molecule has 0 aliphatic carbocycles. The zero-order valence-electron chi connectivity index (χ0n) is 18.0. The number of aromatic nitrogens is 2. The highest BCUT2D eigenvalue weighted by atomic mass is 19.2. The van der Waals surface area contributed by atoms with Crippen molar-refractivity contribution in [2.45, 2.75) is 13.0 Å². The van der Waals surface area contributed by atoms with E-state index in [-0.39, 0.29) is 11.1 Å². The van der Waals surface area contributed by atoms with Gasteiger partial charge in [0, 0.05) is 43.9 Å². The van der Waals surface area contributed by atoms with Crippen LogP contribution in [0, 0.1) is 24.4 Å². The van der Waals surface area contributed by atoms with Crippen LogP contribution in [0.4, 0.5) is 24.8 Å². The van der Waals surface area contributed by atoms with Crippen molar-refractivity contribution in [3.63, 3.8) is 0 Å². The number of benzene rings is 1. The third-order valence-electron chi connectivity index (χ3n) is 5.79. The van der Waals surface area contributed by atoms with Crippen molar-refractivity contribution in [3.8, 4) is 5.75 Å². The maximum Gasteiger partial charge on any atom is 0.204 e. The number of nitrogens with zero attached hydrogens (tertiary/aromatic N) is 5. The molecule has 2 aliphatic rings. The molecule has 1 N–H and O–H groups in total. The Labute approximate surface area is 179 Å². The van der Waals surface area contributed by atoms with Crippen LogP contribution < -0.4 is 15.0 Å². The van der Waals surface area contributed by atoms with E-state index in [9.17, 15) is 13.2 Å². The van der Waals surface area contributed by atoms with E-state index in [1.807, 2.05) is 19.0 Å². The van der Waals surface area contributed by atoms with Crippen LogP contribution in [0.15, 0.2) is 12.4 Å². The molecule has 1 aromatic carbocycles. The van der Waals surface area contributed by atoms with Gasteiger partial charge in [0.05, 0.1) is 12.6 Å². The fourth-order valence-electron chi connectivity index (χ4n) is 4.12. The molecule has 2 aliphatic heterocycles. The van der Waals surface area contributed by atoms with E-state index in [0.29, 0.717) is 57.4 Å². The summed E-state index contributed by atoms with van der Waals surface area (Å²) in [6, 6.07) is 0.660. The normalized spacial score (nSPS) is 17.8. The van der Waals surface area contributed by atoms with Gasteiger partial charge in [-0.05, 0) is 27.1 Å². The van der Waals surface area contributed by atoms with E-state index in [0.717, 1.165) is 11.9 Å². The lowest BCUT2D eigenvalue weighted by Gasteiger charge is -2.41. The number of fused-ring (bicyclic) bond motifs is 1. The third kappa shape index (κ3) is 4.27. The lowest BCUT2D eigenvalue weighted by molar-refractivity contribution is 0.149. The van der Waals surface area contributed by atoms with Crippen LogP contribution in [0.3, 0.4) is 0 Å². The Hall–Kier alpha value is -2.59. The van der Waals surface area contributed by atoms with Gasteiger partial charge < -0.3 is 19.9 Å². The second kappa shape index (κ2) is 8.88. The van der Waals surface area contributed by atoms with E-state index >= 15 is 0 Å². The lowest BCUT2D eigenvalue weighted by atomic mass is 10.0. The molecule has 10 heteroatoms. The molecule has 0 saturated carbocycles. The van der Waals surface area contributed by atoms with Gasteiger partial charge in [-0.25, -0.2) is 23.1 Å². The van der Waals surface area contributed by atoms with Crippen LogP contribution in [-0.2, 0) is 0 Å². The van der Waals surface area contributed by atoms with E-state index in [1.54, 1.807) is 0 Å². The predicted molar refractivity (Wildman–Crippen MR) is 112 cm³/mol. The average molecular weight is 436 g/mol. The van der Waals surface area contributed by atoms with Crippen molar-refractivity contribution in [2.75, 3.05) is 70.2 Å². The molecule has 31 heavy (non-hydrogen) atoms. The SMILES string of the molecule is Cc1c(F)cc(C(CN(C)C)N2CCN(c3ncnc4c3OCCN4)CC2)c(F)c1F. The van der Waals surface area contributed by atoms with Crippen molar-refractivity contribution >= 4 is 11.6 Å². The highest BCUT2D eigenvalue weighted by Gasteiger charge is 2.31. The van der Waals surface area contributed by atoms with Gasteiger partial charge in [-0.15, -0.1) is 0 Å². The number of anilines is 2. The molecule has 3 heterocycles. The zero-order chi connectivity index (χ0) is 22.1. The maximum atomic E-state index is 14.8. The van der Waals surface area contributed by atoms with Crippen molar-refractivity contribution in [1.82, 2.24) is 19.8 Å². The van der Waals surface area contributed by atoms with Crippen molar-refractivity contribution in [2.24, 2.45) is 0 Å². The zero-order valence-corrected chi connectivity index (χ0v) is 18.0. The summed E-state index contributed by atoms with van der Waals surface area (Å²) in [5.74, 6) is -0.780. The molecule has 2 aromatic rings. The fourth-order valence-corrected chi connectivity index (χ4v) is 4.12. The standard InChI is InChI=1S/C21H27F3N6O/c1-13-15(22)10-14(18(24)17(13)23)16(11-28(2)3)29-5-7-30(8-6-29)21-19-20(26-12-27-21)25-4-9-31-19/h10,12,16H,4-9,11H2,1-3H3,(H,25,26,27). The molecule has 0 radical (unpaired) electrons. The van der Waals surface area contributed by atoms with E-state index in [1.165, 1.54) is 13.3 Å². The maximum absolute atomic E-state index is 14.8. The van der Waals surface area contributed by atoms with Gasteiger partial charge in [0.1, 0.15) is 18.8 Å². The van der Waals surface area contributed by atoms with Crippen LogP contribution in [0.5, 0.6) is 5.75 Å². The van der Waals surface area contributed by atoms with Gasteiger partial charge >= 0.3 is 0 Å². The minimum absolute atomic E-state index is 0.0506. The molecular formula is C21H27F3N6O. The van der Waals surface area contributed by atoms with Crippen LogP contribution in [0.1, 0.15) is 17.2 Å². The molecule has 0 bridgehead atoms. The minimum atomic E-state index is -1.12. The van der Waals surface area contributed by atoms with Gasteiger partial charge in [0.25, 0.3) is 0 Å². The van der Waals surface area contributed by atoms with Crippen molar-refractivity contribution < 1.29 is 17.9 Å². The molecule has 0 spiro atoms. The first kappa shape index (κ1) is 21.6. The molecule has 4 rings (SSSR count). The summed E-state index contributed by atoms with van der Waals surface area (Å²) in [4.78, 5) is 14.7. The summed E-state index contributed by atoms with van der Waals surface area (Å²) in [7, 11) is 3.72. The Morgan fingerprint density at radius 3 is 2.58 bits per heavy atom. The number of hydrogen-bond donors (Lipinski definition) is 1. The molecule has 1 unspecified atom stereocenters. The van der Waals surface area contributed by atoms with Crippen LogP contribution in [0.2, 0.25) is 0 Å². The second-order valence-corrected chi connectivity index (χ2v) is 8.15. The topological polar surface area (TPSA) is 56.8 Å². The molecule has 1 fully saturated rings. The summed E-state index contributed by atoms with van der Waals surface area (Å²) in [5, 5.41) is 3.20. The van der Waals surface area contributed by atoms with Crippen LogP contribution >= 0.6 is 0 Å². The van der Waals surface area contributed by atoms with E-state index in [4.69, 9.17) is 4.74 Å². The van der Waals surface area contributed by atoms with Crippen molar-refractivity contribution in [3.05, 3.63) is 41.0 Å². The Morgan fingerprint density at radius 1 is 1.13 bits per heavy atom. The summed E-state index contributed by atoms with van der Waals surface area (Å²) >= 11 is 0. The van der Waals surface area contributed by atoms with Gasteiger partial charge in [0.2, 0.25) is 5.75 Å². The summed E-state index contributed by atoms with van der Waals surface area (Å²) < 4.78 is 49.1. The second-order valence-electron chi connectivity index (χ2n) is 8.15. The van der Waals surface area contributed by atoms with Gasteiger partial charge in [-0.2, -0.15) is 0 Å². The van der Waals surface area contributed by atoms with Crippen LogP contribution in [0.25, 0.3) is 0 Å². The number of likely N-dealkylation sites (N-methyl/N-ethyl adjacent to an activating group) is 1. The number of hydrogen-bond acceptors (Lipinski definition) is 7. The first-order chi connectivity index (χ1) is 14.9. The smallest absolute Gasteiger partial charge is 0.204 e. The molecular weight excluding hydrogens is 409 g/mol. The molecule has 0 amide bonds. The third-order valence-corrected chi connectivity index (χ3v) is 5.79.